The molecule has 0 spiro atoms. The minimum absolute atomic E-state index is 0.000902. The monoisotopic (exact) mass is 625 g/mol. The Kier molecular flexibility index (Phi) is 9.82. The quantitative estimate of drug-likeness (QED) is 0.192. The maximum atomic E-state index is 14.1. The van der Waals surface area contributed by atoms with Gasteiger partial charge in [-0.15, -0.1) is 0 Å². The van der Waals surface area contributed by atoms with Crippen molar-refractivity contribution in [3.05, 3.63) is 100.0 Å². The van der Waals surface area contributed by atoms with E-state index in [0.29, 0.717) is 36.5 Å². The summed E-state index contributed by atoms with van der Waals surface area (Å²) in [5.41, 5.74) is 0.483. The highest BCUT2D eigenvalue weighted by atomic mass is 19.4. The second-order valence-electron chi connectivity index (χ2n) is 10.8. The molecule has 1 aliphatic heterocycles. The van der Waals surface area contributed by atoms with Crippen LogP contribution in [0.25, 0.3) is 5.65 Å². The van der Waals surface area contributed by atoms with E-state index in [2.05, 4.69) is 27.0 Å². The lowest BCUT2D eigenvalue weighted by Gasteiger charge is -2.35. The van der Waals surface area contributed by atoms with Crippen LogP contribution < -0.4 is 5.32 Å². The third kappa shape index (κ3) is 7.68. The van der Waals surface area contributed by atoms with E-state index in [1.165, 1.54) is 28.7 Å². The molecule has 0 saturated carbocycles. The van der Waals surface area contributed by atoms with Crippen LogP contribution >= 0.6 is 0 Å². The molecule has 0 radical (unpaired) electrons. The number of halogens is 5. The van der Waals surface area contributed by atoms with E-state index in [9.17, 15) is 26.7 Å². The van der Waals surface area contributed by atoms with Gasteiger partial charge in [-0.05, 0) is 60.4 Å². The zero-order valence-electron chi connectivity index (χ0n) is 24.8. The average Bonchev–Trinajstić information content (AvgIpc) is 3.39. The fourth-order valence-electron chi connectivity index (χ4n) is 5.21. The summed E-state index contributed by atoms with van der Waals surface area (Å²) in [7, 11) is 1.63. The van der Waals surface area contributed by atoms with Crippen LogP contribution in [0.4, 0.5) is 27.6 Å². The maximum Gasteiger partial charge on any atom is 0.416 e. The number of carbonyl (C=O) groups excluding carboxylic acids is 1. The molecule has 1 amide bonds. The predicted octanol–water partition coefficient (Wildman–Crippen LogP) is 6.02. The second-order valence-corrected chi connectivity index (χ2v) is 10.8. The first-order valence-corrected chi connectivity index (χ1v) is 14.4. The van der Waals surface area contributed by atoms with Crippen LogP contribution in [0.3, 0.4) is 0 Å². The van der Waals surface area contributed by atoms with Crippen molar-refractivity contribution in [2.24, 2.45) is 0 Å². The highest BCUT2D eigenvalue weighted by Gasteiger charge is 2.34. The number of carbonyl (C=O) groups is 1. The number of alkyl halides is 5. The van der Waals surface area contributed by atoms with Gasteiger partial charge in [-0.2, -0.15) is 13.2 Å². The van der Waals surface area contributed by atoms with Gasteiger partial charge in [0.1, 0.15) is 17.0 Å². The van der Waals surface area contributed by atoms with Crippen molar-refractivity contribution in [1.29, 1.82) is 0 Å². The van der Waals surface area contributed by atoms with Gasteiger partial charge in [-0.25, -0.2) is 13.8 Å². The number of nitrogens with zero attached hydrogens (tertiary/aromatic N) is 4. The molecule has 1 fully saturated rings. The summed E-state index contributed by atoms with van der Waals surface area (Å²) in [4.78, 5) is 21.3. The zero-order chi connectivity index (χ0) is 32.1. The van der Waals surface area contributed by atoms with Crippen LogP contribution in [-0.4, -0.2) is 71.5 Å². The molecule has 4 aromatic rings. The molecule has 45 heavy (non-hydrogen) atoms. The van der Waals surface area contributed by atoms with Crippen LogP contribution in [0.15, 0.2) is 60.8 Å². The van der Waals surface area contributed by atoms with Crippen LogP contribution in [-0.2, 0) is 17.5 Å². The number of piperazine rings is 1. The first kappa shape index (κ1) is 32.1. The standard InChI is InChI=1S/C33H32F5N5O2/c1-22-6-7-24(19-23(22)9-11-28-30(31(34)35)40-29-5-3-4-12-43(28)29)32(44)39-26-10-8-25(27(20-26)33(36,37)38)21-42-15-13-41(14-16-42)17-18-45-2/h3-8,10,12,19-20,31H,13-18,21H2,1-2H3,(H,39,44). The molecule has 1 saturated heterocycles. The first-order valence-electron chi connectivity index (χ1n) is 14.4. The molecule has 5 rings (SSSR count). The number of aromatic nitrogens is 2. The Hall–Kier alpha value is -4.31. The van der Waals surface area contributed by atoms with Gasteiger partial charge >= 0.3 is 6.18 Å². The van der Waals surface area contributed by atoms with Crippen molar-refractivity contribution in [3.63, 3.8) is 0 Å². The average molecular weight is 626 g/mol. The van der Waals surface area contributed by atoms with Crippen molar-refractivity contribution in [2.45, 2.75) is 26.1 Å². The Morgan fingerprint density at radius 3 is 2.49 bits per heavy atom. The van der Waals surface area contributed by atoms with Gasteiger partial charge in [0.15, 0.2) is 0 Å². The zero-order valence-corrected chi connectivity index (χ0v) is 24.8. The number of methoxy groups -OCH3 is 1. The molecule has 2 aromatic heterocycles. The lowest BCUT2D eigenvalue weighted by molar-refractivity contribution is -0.138. The minimum Gasteiger partial charge on any atom is -0.383 e. The lowest BCUT2D eigenvalue weighted by atomic mass is 10.0. The Bertz CT molecular complexity index is 1730. The van der Waals surface area contributed by atoms with Crippen molar-refractivity contribution in [1.82, 2.24) is 19.2 Å². The Balaban J connectivity index is 1.33. The molecule has 0 bridgehead atoms. The van der Waals surface area contributed by atoms with Crippen molar-refractivity contribution >= 4 is 17.2 Å². The SMILES string of the molecule is COCCN1CCN(Cc2ccc(NC(=O)c3ccc(C)c(C#Cc4c(C(F)F)nc5ccccn45)c3)cc2C(F)(F)F)CC1. The second kappa shape index (κ2) is 13.8. The Morgan fingerprint density at radius 2 is 1.78 bits per heavy atom. The summed E-state index contributed by atoms with van der Waals surface area (Å²) < 4.78 is 76.2. The molecular weight excluding hydrogens is 593 g/mol. The fourth-order valence-corrected chi connectivity index (χ4v) is 5.21. The van der Waals surface area contributed by atoms with E-state index in [1.807, 2.05) is 4.90 Å². The topological polar surface area (TPSA) is 62.1 Å². The Morgan fingerprint density at radius 1 is 1.02 bits per heavy atom. The van der Waals surface area contributed by atoms with Crippen LogP contribution in [0.2, 0.25) is 0 Å². The van der Waals surface area contributed by atoms with Gasteiger partial charge in [0.25, 0.3) is 12.3 Å². The summed E-state index contributed by atoms with van der Waals surface area (Å²) in [6.07, 6.45) is -5.87. The van der Waals surface area contributed by atoms with Gasteiger partial charge in [0.2, 0.25) is 0 Å². The fraction of sp³-hybridized carbons (Fsp3) is 0.333. The summed E-state index contributed by atoms with van der Waals surface area (Å²) in [6.45, 7) is 6.04. The largest absolute Gasteiger partial charge is 0.416 e. The number of anilines is 1. The first-order chi connectivity index (χ1) is 21.5. The highest BCUT2D eigenvalue weighted by Crippen LogP contribution is 2.35. The lowest BCUT2D eigenvalue weighted by Crippen LogP contribution is -2.46. The van der Waals surface area contributed by atoms with Crippen LogP contribution in [0.5, 0.6) is 0 Å². The molecular formula is C33H32F5N5O2. The van der Waals surface area contributed by atoms with Crippen molar-refractivity contribution < 1.29 is 31.5 Å². The Labute approximate surface area is 257 Å². The summed E-state index contributed by atoms with van der Waals surface area (Å²) in [5, 5.41) is 2.56. The number of nitrogens with one attached hydrogen (secondary N) is 1. The number of aryl methyl sites for hydroxylation is 1. The highest BCUT2D eigenvalue weighted by molar-refractivity contribution is 6.04. The number of fused-ring (bicyclic) bond motifs is 1. The number of benzene rings is 2. The number of imidazole rings is 1. The van der Waals surface area contributed by atoms with Crippen molar-refractivity contribution in [2.75, 3.05) is 51.8 Å². The molecule has 3 heterocycles. The van der Waals surface area contributed by atoms with Gasteiger partial charge in [0, 0.05) is 69.4 Å². The number of rotatable bonds is 8. The van der Waals surface area contributed by atoms with E-state index in [0.717, 1.165) is 25.7 Å². The third-order valence-corrected chi connectivity index (χ3v) is 7.72. The van der Waals surface area contributed by atoms with Crippen molar-refractivity contribution in [3.8, 4) is 11.8 Å². The normalized spacial score (nSPS) is 14.5. The van der Waals surface area contributed by atoms with E-state index in [1.54, 1.807) is 44.5 Å². The van der Waals surface area contributed by atoms with Gasteiger partial charge in [-0.1, -0.05) is 24.1 Å². The molecule has 0 unspecified atom stereocenters. The smallest absolute Gasteiger partial charge is 0.383 e. The molecule has 2 aromatic carbocycles. The van der Waals surface area contributed by atoms with E-state index >= 15 is 0 Å². The number of amides is 1. The van der Waals surface area contributed by atoms with Gasteiger partial charge in [0.05, 0.1) is 12.2 Å². The van der Waals surface area contributed by atoms with E-state index < -0.39 is 29.8 Å². The number of ether oxygens (including phenoxy) is 1. The summed E-state index contributed by atoms with van der Waals surface area (Å²) in [5.74, 6) is 5.00. The van der Waals surface area contributed by atoms with E-state index in [4.69, 9.17) is 4.74 Å². The molecule has 1 N–H and O–H groups in total. The van der Waals surface area contributed by atoms with E-state index in [-0.39, 0.29) is 29.1 Å². The maximum absolute atomic E-state index is 14.1. The molecule has 12 heteroatoms. The summed E-state index contributed by atoms with van der Waals surface area (Å²) >= 11 is 0. The number of pyridine rings is 1. The summed E-state index contributed by atoms with van der Waals surface area (Å²) in [6, 6.07) is 13.4. The third-order valence-electron chi connectivity index (χ3n) is 7.72. The van der Waals surface area contributed by atoms with Crippen LogP contribution in [0, 0.1) is 18.8 Å². The predicted molar refractivity (Wildman–Crippen MR) is 160 cm³/mol. The molecule has 1 aliphatic rings. The molecule has 7 nitrogen and oxygen atoms in total. The molecule has 236 valence electrons. The van der Waals surface area contributed by atoms with Gasteiger partial charge in [-0.3, -0.25) is 19.0 Å². The van der Waals surface area contributed by atoms with Crippen LogP contribution in [0.1, 0.15) is 50.4 Å². The number of hydrogen-bond donors (Lipinski definition) is 1. The molecule has 0 atom stereocenters. The van der Waals surface area contributed by atoms with Gasteiger partial charge < -0.3 is 10.1 Å². The number of hydrogen-bond acceptors (Lipinski definition) is 5. The molecule has 0 aliphatic carbocycles. The minimum atomic E-state index is -4.61.